The van der Waals surface area contributed by atoms with Crippen LogP contribution in [0.1, 0.15) is 19.4 Å². The van der Waals surface area contributed by atoms with Gasteiger partial charge in [0.2, 0.25) is 5.91 Å². The number of hydrogen-bond acceptors (Lipinski definition) is 6. The van der Waals surface area contributed by atoms with Crippen LogP contribution in [0.3, 0.4) is 0 Å². The quantitative estimate of drug-likeness (QED) is 0.826. The summed E-state index contributed by atoms with van der Waals surface area (Å²) in [5, 5.41) is 10.4. The molecule has 3 rings (SSSR count). The van der Waals surface area contributed by atoms with Crippen LogP contribution in [0.15, 0.2) is 30.3 Å². The summed E-state index contributed by atoms with van der Waals surface area (Å²) in [4.78, 5) is 11.5. The second-order valence-corrected chi connectivity index (χ2v) is 6.18. The molecule has 0 spiro atoms. The predicted molar refractivity (Wildman–Crippen MR) is 78.9 cm³/mol. The SMILES string of the molecule is CC1(C)OC2[C@@H](OC(C(N)=O)[C@@H](O)[C@H]2OCc2ccccc2)O1. The Morgan fingerprint density at radius 2 is 2.00 bits per heavy atom. The van der Waals surface area contributed by atoms with Crippen LogP contribution in [0.5, 0.6) is 0 Å². The third kappa shape index (κ3) is 3.39. The largest absolute Gasteiger partial charge is 0.387 e. The number of hydrogen-bond donors (Lipinski definition) is 2. The first-order chi connectivity index (χ1) is 10.9. The monoisotopic (exact) mass is 323 g/mol. The third-order valence-electron chi connectivity index (χ3n) is 3.91. The zero-order chi connectivity index (χ0) is 16.6. The molecule has 5 atom stereocenters. The van der Waals surface area contributed by atoms with Gasteiger partial charge in [0.05, 0.1) is 6.61 Å². The molecule has 1 amide bonds. The molecule has 126 valence electrons. The summed E-state index contributed by atoms with van der Waals surface area (Å²) in [6, 6.07) is 9.51. The maximum atomic E-state index is 11.5. The zero-order valence-corrected chi connectivity index (χ0v) is 13.0. The number of carbonyl (C=O) groups is 1. The lowest BCUT2D eigenvalue weighted by molar-refractivity contribution is -0.254. The van der Waals surface area contributed by atoms with Gasteiger partial charge in [-0.1, -0.05) is 30.3 Å². The maximum Gasteiger partial charge on any atom is 0.249 e. The van der Waals surface area contributed by atoms with Gasteiger partial charge < -0.3 is 29.8 Å². The fraction of sp³-hybridized carbons (Fsp3) is 0.562. The maximum absolute atomic E-state index is 11.5. The Kier molecular flexibility index (Phi) is 4.39. The molecule has 1 aromatic carbocycles. The van der Waals surface area contributed by atoms with Gasteiger partial charge in [0.15, 0.2) is 18.2 Å². The molecule has 3 N–H and O–H groups in total. The summed E-state index contributed by atoms with van der Waals surface area (Å²) in [6.45, 7) is 3.73. The molecule has 2 saturated heterocycles. The first-order valence-electron chi connectivity index (χ1n) is 7.51. The molecule has 2 heterocycles. The number of ether oxygens (including phenoxy) is 4. The standard InChI is InChI=1S/C16H21NO6/c1-16(2)22-13-11(20-8-9-6-4-3-5-7-9)10(18)12(14(17)19)21-15(13)23-16/h3-7,10-13,15,18H,8H2,1-2H3,(H2,17,19)/t10-,11+,12?,13?,15-/m0/s1. The van der Waals surface area contributed by atoms with Crippen LogP contribution in [0.25, 0.3) is 0 Å². The van der Waals surface area contributed by atoms with Gasteiger partial charge in [-0.3, -0.25) is 4.79 Å². The Morgan fingerprint density at radius 3 is 2.65 bits per heavy atom. The summed E-state index contributed by atoms with van der Waals surface area (Å²) in [6.07, 6.45) is -4.66. The van der Waals surface area contributed by atoms with E-state index in [4.69, 9.17) is 24.7 Å². The molecule has 23 heavy (non-hydrogen) atoms. The second-order valence-electron chi connectivity index (χ2n) is 6.18. The number of aliphatic hydroxyl groups is 1. The molecule has 7 nitrogen and oxygen atoms in total. The van der Waals surface area contributed by atoms with Crippen LogP contribution in [0, 0.1) is 0 Å². The van der Waals surface area contributed by atoms with Gasteiger partial charge in [-0.25, -0.2) is 0 Å². The highest BCUT2D eigenvalue weighted by Gasteiger charge is 2.56. The van der Waals surface area contributed by atoms with E-state index in [0.717, 1.165) is 5.56 Å². The Labute approximate surface area is 134 Å². The van der Waals surface area contributed by atoms with Crippen LogP contribution in [0.4, 0.5) is 0 Å². The molecular weight excluding hydrogens is 302 g/mol. The van der Waals surface area contributed by atoms with E-state index in [2.05, 4.69) is 0 Å². The van der Waals surface area contributed by atoms with E-state index in [0.29, 0.717) is 0 Å². The van der Waals surface area contributed by atoms with E-state index >= 15 is 0 Å². The van der Waals surface area contributed by atoms with Crippen LogP contribution in [0.2, 0.25) is 0 Å². The van der Waals surface area contributed by atoms with Crippen molar-refractivity contribution in [1.82, 2.24) is 0 Å². The minimum atomic E-state index is -1.23. The van der Waals surface area contributed by atoms with Crippen LogP contribution in [-0.2, 0) is 30.3 Å². The summed E-state index contributed by atoms with van der Waals surface area (Å²) < 4.78 is 22.7. The van der Waals surface area contributed by atoms with Crippen molar-refractivity contribution >= 4 is 5.91 Å². The summed E-state index contributed by atoms with van der Waals surface area (Å²) in [5.41, 5.74) is 6.24. The zero-order valence-electron chi connectivity index (χ0n) is 13.0. The molecule has 0 aromatic heterocycles. The predicted octanol–water partition coefficient (Wildman–Crippen LogP) is 0.294. The fourth-order valence-corrected chi connectivity index (χ4v) is 2.87. The summed E-state index contributed by atoms with van der Waals surface area (Å²) >= 11 is 0. The average molecular weight is 323 g/mol. The molecule has 2 aliphatic rings. The lowest BCUT2D eigenvalue weighted by Gasteiger charge is -2.38. The molecule has 2 unspecified atom stereocenters. The molecule has 2 fully saturated rings. The fourth-order valence-electron chi connectivity index (χ4n) is 2.87. The number of rotatable bonds is 4. The van der Waals surface area contributed by atoms with Crippen molar-refractivity contribution < 1.29 is 28.8 Å². The average Bonchev–Trinajstić information content (AvgIpc) is 2.80. The summed E-state index contributed by atoms with van der Waals surface area (Å²) in [5.74, 6) is -1.66. The highest BCUT2D eigenvalue weighted by atomic mass is 16.8. The van der Waals surface area contributed by atoms with Crippen molar-refractivity contribution in [3.63, 3.8) is 0 Å². The molecular formula is C16H21NO6. The number of benzene rings is 1. The van der Waals surface area contributed by atoms with Crippen molar-refractivity contribution in [2.45, 2.75) is 56.9 Å². The Morgan fingerprint density at radius 1 is 1.30 bits per heavy atom. The van der Waals surface area contributed by atoms with E-state index in [-0.39, 0.29) is 6.61 Å². The number of fused-ring (bicyclic) bond motifs is 1. The molecule has 2 aliphatic heterocycles. The molecule has 0 bridgehead atoms. The van der Waals surface area contributed by atoms with Gasteiger partial charge in [0.1, 0.15) is 18.3 Å². The highest BCUT2D eigenvalue weighted by Crippen LogP contribution is 2.37. The van der Waals surface area contributed by atoms with E-state index in [1.165, 1.54) is 0 Å². The topological polar surface area (TPSA) is 100 Å². The first kappa shape index (κ1) is 16.4. The van der Waals surface area contributed by atoms with E-state index in [1.54, 1.807) is 13.8 Å². The van der Waals surface area contributed by atoms with Crippen LogP contribution >= 0.6 is 0 Å². The lowest BCUT2D eigenvalue weighted by atomic mass is 9.98. The van der Waals surface area contributed by atoms with E-state index < -0.39 is 42.4 Å². The van der Waals surface area contributed by atoms with Gasteiger partial charge in [-0.05, 0) is 19.4 Å². The highest BCUT2D eigenvalue weighted by molar-refractivity contribution is 5.79. The van der Waals surface area contributed by atoms with Gasteiger partial charge in [-0.15, -0.1) is 0 Å². The minimum absolute atomic E-state index is 0.265. The Bertz CT molecular complexity index is 563. The van der Waals surface area contributed by atoms with Crippen molar-refractivity contribution in [2.24, 2.45) is 5.73 Å². The molecule has 7 heteroatoms. The molecule has 1 aromatic rings. The minimum Gasteiger partial charge on any atom is -0.387 e. The van der Waals surface area contributed by atoms with Crippen molar-refractivity contribution in [2.75, 3.05) is 0 Å². The number of aliphatic hydroxyl groups excluding tert-OH is 1. The van der Waals surface area contributed by atoms with Gasteiger partial charge >= 0.3 is 0 Å². The summed E-state index contributed by atoms with van der Waals surface area (Å²) in [7, 11) is 0. The molecule has 0 aliphatic carbocycles. The van der Waals surface area contributed by atoms with Gasteiger partial charge in [0.25, 0.3) is 0 Å². The van der Waals surface area contributed by atoms with E-state index in [1.807, 2.05) is 30.3 Å². The number of primary amides is 1. The normalized spacial score (nSPS) is 35.7. The number of amides is 1. The first-order valence-corrected chi connectivity index (χ1v) is 7.51. The lowest BCUT2D eigenvalue weighted by Crippen LogP contribution is -2.60. The molecule has 0 saturated carbocycles. The third-order valence-corrected chi connectivity index (χ3v) is 3.91. The van der Waals surface area contributed by atoms with Gasteiger partial charge in [-0.2, -0.15) is 0 Å². The van der Waals surface area contributed by atoms with Crippen LogP contribution < -0.4 is 5.73 Å². The number of carbonyl (C=O) groups excluding carboxylic acids is 1. The second kappa shape index (κ2) is 6.18. The van der Waals surface area contributed by atoms with Crippen molar-refractivity contribution in [3.8, 4) is 0 Å². The molecule has 0 radical (unpaired) electrons. The smallest absolute Gasteiger partial charge is 0.249 e. The number of nitrogens with two attached hydrogens (primary N) is 1. The van der Waals surface area contributed by atoms with E-state index in [9.17, 15) is 9.90 Å². The van der Waals surface area contributed by atoms with Crippen molar-refractivity contribution in [1.29, 1.82) is 0 Å². The Balaban J connectivity index is 1.77. The van der Waals surface area contributed by atoms with Crippen LogP contribution in [-0.4, -0.2) is 47.5 Å². The van der Waals surface area contributed by atoms with Crippen molar-refractivity contribution in [3.05, 3.63) is 35.9 Å². The Hall–Kier alpha value is -1.51. The van der Waals surface area contributed by atoms with Gasteiger partial charge in [0, 0.05) is 0 Å².